The fourth-order valence-corrected chi connectivity index (χ4v) is 1.97. The summed E-state index contributed by atoms with van der Waals surface area (Å²) in [4.78, 5) is 37.2. The van der Waals surface area contributed by atoms with E-state index in [2.05, 4.69) is 5.32 Å². The number of carbonyl (C=O) groups excluding carboxylic acids is 3. The lowest BCUT2D eigenvalue weighted by atomic mass is 10.1. The number of imide groups is 1. The molecule has 0 spiro atoms. The maximum Gasteiger partial charge on any atom is 0.327 e. The summed E-state index contributed by atoms with van der Waals surface area (Å²) < 4.78 is 0. The molecule has 2 rings (SSSR count). The Bertz CT molecular complexity index is 618. The summed E-state index contributed by atoms with van der Waals surface area (Å²) in [6.07, 6.45) is 0.303. The molecule has 0 aliphatic carbocycles. The van der Waals surface area contributed by atoms with Crippen LogP contribution in [0.25, 0.3) is 0 Å². The smallest absolute Gasteiger partial charge is 0.325 e. The van der Waals surface area contributed by atoms with Crippen molar-refractivity contribution in [2.75, 3.05) is 25.5 Å². The molecule has 7 heteroatoms. The van der Waals surface area contributed by atoms with E-state index in [9.17, 15) is 14.4 Å². The third kappa shape index (κ3) is 3.36. The Morgan fingerprint density at radius 2 is 2.00 bits per heavy atom. The van der Waals surface area contributed by atoms with E-state index in [4.69, 9.17) is 5.26 Å². The van der Waals surface area contributed by atoms with Crippen LogP contribution in [0.2, 0.25) is 0 Å². The van der Waals surface area contributed by atoms with Crippen molar-refractivity contribution < 1.29 is 14.4 Å². The summed E-state index contributed by atoms with van der Waals surface area (Å²) in [6, 6.07) is 8.37. The molecule has 1 heterocycles. The number of carbonyl (C=O) groups is 3. The van der Waals surface area contributed by atoms with E-state index in [0.29, 0.717) is 12.1 Å². The van der Waals surface area contributed by atoms with Gasteiger partial charge in [-0.15, -0.1) is 0 Å². The largest absolute Gasteiger partial charge is 0.327 e. The second kappa shape index (κ2) is 6.05. The SMILES string of the molecule is CN1CC(=O)N(CC(=O)Nc2ccc(CC#N)cc2)C1=O. The second-order valence-corrected chi connectivity index (χ2v) is 4.70. The van der Waals surface area contributed by atoms with Crippen LogP contribution in [0.5, 0.6) is 0 Å². The van der Waals surface area contributed by atoms with Crippen LogP contribution in [-0.2, 0) is 16.0 Å². The second-order valence-electron chi connectivity index (χ2n) is 4.70. The van der Waals surface area contributed by atoms with Crippen molar-refractivity contribution in [3.8, 4) is 6.07 Å². The summed E-state index contributed by atoms with van der Waals surface area (Å²) in [5.74, 6) is -0.831. The van der Waals surface area contributed by atoms with Crippen molar-refractivity contribution in [1.82, 2.24) is 9.80 Å². The summed E-state index contributed by atoms with van der Waals surface area (Å²) in [6.45, 7) is -0.309. The third-order valence-electron chi connectivity index (χ3n) is 3.05. The van der Waals surface area contributed by atoms with Gasteiger partial charge in [0, 0.05) is 12.7 Å². The fraction of sp³-hybridized carbons (Fsp3) is 0.286. The molecule has 108 valence electrons. The first-order chi connectivity index (χ1) is 10.0. The Morgan fingerprint density at radius 3 is 2.52 bits per heavy atom. The summed E-state index contributed by atoms with van der Waals surface area (Å²) in [5, 5.41) is 11.2. The molecule has 0 saturated carbocycles. The molecular weight excluding hydrogens is 272 g/mol. The monoisotopic (exact) mass is 286 g/mol. The molecule has 1 aliphatic heterocycles. The molecule has 1 saturated heterocycles. The van der Waals surface area contributed by atoms with Crippen LogP contribution in [0.4, 0.5) is 10.5 Å². The minimum Gasteiger partial charge on any atom is -0.325 e. The van der Waals surface area contributed by atoms with Crippen LogP contribution in [0, 0.1) is 11.3 Å². The Morgan fingerprint density at radius 1 is 1.33 bits per heavy atom. The van der Waals surface area contributed by atoms with Crippen LogP contribution >= 0.6 is 0 Å². The minimum absolute atomic E-state index is 0.00499. The number of benzene rings is 1. The van der Waals surface area contributed by atoms with Crippen molar-refractivity contribution in [1.29, 1.82) is 5.26 Å². The predicted octanol–water partition coefficient (Wildman–Crippen LogP) is 0.585. The van der Waals surface area contributed by atoms with Gasteiger partial charge in [0.15, 0.2) is 0 Å². The van der Waals surface area contributed by atoms with E-state index in [1.165, 1.54) is 11.9 Å². The number of likely N-dealkylation sites (N-methyl/N-ethyl adjacent to an activating group) is 1. The average Bonchev–Trinajstić information content (AvgIpc) is 2.68. The standard InChI is InChI=1S/C14H14N4O3/c1-17-9-13(20)18(14(17)21)8-12(19)16-11-4-2-10(3-5-11)6-7-15/h2-5H,6,8-9H2,1H3,(H,16,19). The Labute approximate surface area is 121 Å². The molecule has 0 aromatic heterocycles. The van der Waals surface area contributed by atoms with Gasteiger partial charge < -0.3 is 10.2 Å². The van der Waals surface area contributed by atoms with Crippen molar-refractivity contribution in [2.24, 2.45) is 0 Å². The zero-order chi connectivity index (χ0) is 15.4. The van der Waals surface area contributed by atoms with Crippen LogP contribution < -0.4 is 5.32 Å². The molecule has 1 aliphatic rings. The molecule has 1 fully saturated rings. The molecule has 1 aromatic carbocycles. The number of urea groups is 1. The molecule has 1 N–H and O–H groups in total. The van der Waals surface area contributed by atoms with Gasteiger partial charge in [0.2, 0.25) is 5.91 Å². The Balaban J connectivity index is 1.94. The molecule has 0 atom stereocenters. The van der Waals surface area contributed by atoms with E-state index < -0.39 is 11.9 Å². The van der Waals surface area contributed by atoms with Gasteiger partial charge in [-0.1, -0.05) is 12.1 Å². The van der Waals surface area contributed by atoms with Crippen molar-refractivity contribution in [2.45, 2.75) is 6.42 Å². The van der Waals surface area contributed by atoms with Gasteiger partial charge in [-0.3, -0.25) is 14.5 Å². The first-order valence-electron chi connectivity index (χ1n) is 6.32. The van der Waals surface area contributed by atoms with Crippen LogP contribution in [0.15, 0.2) is 24.3 Å². The third-order valence-corrected chi connectivity index (χ3v) is 3.05. The zero-order valence-corrected chi connectivity index (χ0v) is 11.5. The van der Waals surface area contributed by atoms with E-state index in [1.54, 1.807) is 24.3 Å². The molecule has 7 nitrogen and oxygen atoms in total. The van der Waals surface area contributed by atoms with Crippen LogP contribution in [0.1, 0.15) is 5.56 Å². The van der Waals surface area contributed by atoms with Gasteiger partial charge in [-0.2, -0.15) is 5.26 Å². The molecule has 21 heavy (non-hydrogen) atoms. The van der Waals surface area contributed by atoms with Crippen LogP contribution in [0.3, 0.4) is 0 Å². The summed E-state index contributed by atoms with van der Waals surface area (Å²) >= 11 is 0. The highest BCUT2D eigenvalue weighted by atomic mass is 16.2. The van der Waals surface area contributed by atoms with Gasteiger partial charge in [0.1, 0.15) is 13.1 Å². The zero-order valence-electron chi connectivity index (χ0n) is 11.5. The maximum absolute atomic E-state index is 11.8. The lowest BCUT2D eigenvalue weighted by Crippen LogP contribution is -2.38. The predicted molar refractivity (Wildman–Crippen MR) is 74.1 cm³/mol. The van der Waals surface area contributed by atoms with Crippen molar-refractivity contribution in [3.63, 3.8) is 0 Å². The summed E-state index contributed by atoms with van der Waals surface area (Å²) in [7, 11) is 1.51. The number of amides is 4. The quantitative estimate of drug-likeness (QED) is 0.819. The van der Waals surface area contributed by atoms with Gasteiger partial charge in [0.05, 0.1) is 12.5 Å². The molecule has 0 radical (unpaired) electrons. The van der Waals surface area contributed by atoms with E-state index in [1.807, 2.05) is 6.07 Å². The topological polar surface area (TPSA) is 93.5 Å². The number of hydrogen-bond acceptors (Lipinski definition) is 4. The molecule has 4 amide bonds. The number of rotatable bonds is 4. The van der Waals surface area contributed by atoms with Gasteiger partial charge in [0.25, 0.3) is 5.91 Å². The summed E-state index contributed by atoms with van der Waals surface area (Å²) in [5.41, 5.74) is 1.40. The van der Waals surface area contributed by atoms with E-state index in [0.717, 1.165) is 10.5 Å². The number of nitrogens with one attached hydrogen (secondary N) is 1. The van der Waals surface area contributed by atoms with E-state index >= 15 is 0 Å². The first-order valence-corrected chi connectivity index (χ1v) is 6.32. The highest BCUT2D eigenvalue weighted by Crippen LogP contribution is 2.11. The first kappa shape index (κ1) is 14.5. The Hall–Kier alpha value is -2.88. The highest BCUT2D eigenvalue weighted by molar-refractivity contribution is 6.06. The van der Waals surface area contributed by atoms with E-state index in [-0.39, 0.29) is 19.0 Å². The van der Waals surface area contributed by atoms with Crippen molar-refractivity contribution in [3.05, 3.63) is 29.8 Å². The Kier molecular flexibility index (Phi) is 4.18. The number of anilines is 1. The van der Waals surface area contributed by atoms with Gasteiger partial charge in [-0.05, 0) is 17.7 Å². The fourth-order valence-electron chi connectivity index (χ4n) is 1.97. The normalized spacial score (nSPS) is 14.3. The van der Waals surface area contributed by atoms with Crippen molar-refractivity contribution >= 4 is 23.5 Å². The molecular formula is C14H14N4O3. The number of nitriles is 1. The lowest BCUT2D eigenvalue weighted by molar-refractivity contribution is -0.129. The van der Waals surface area contributed by atoms with Gasteiger partial charge in [-0.25, -0.2) is 4.79 Å². The lowest BCUT2D eigenvalue weighted by Gasteiger charge is -2.13. The molecule has 1 aromatic rings. The average molecular weight is 286 g/mol. The number of hydrogen-bond donors (Lipinski definition) is 1. The van der Waals surface area contributed by atoms with Crippen LogP contribution in [-0.4, -0.2) is 47.8 Å². The minimum atomic E-state index is -0.473. The van der Waals surface area contributed by atoms with Gasteiger partial charge >= 0.3 is 6.03 Å². The molecule has 0 unspecified atom stereocenters. The molecule has 0 bridgehead atoms. The maximum atomic E-state index is 11.8. The highest BCUT2D eigenvalue weighted by Gasteiger charge is 2.34. The number of nitrogens with zero attached hydrogens (tertiary/aromatic N) is 3.